The number of aryl methyl sites for hydroxylation is 1. The zero-order valence-electron chi connectivity index (χ0n) is 30.3. The Morgan fingerprint density at radius 3 is 2.39 bits per heavy atom. The van der Waals surface area contributed by atoms with Crippen molar-refractivity contribution < 1.29 is 38.0 Å². The third-order valence-corrected chi connectivity index (χ3v) is 10.1. The van der Waals surface area contributed by atoms with Gasteiger partial charge in [0, 0.05) is 83.7 Å². The van der Waals surface area contributed by atoms with Gasteiger partial charge in [-0.3, -0.25) is 4.98 Å². The summed E-state index contributed by atoms with van der Waals surface area (Å²) in [4.78, 5) is 36.7. The minimum Gasteiger partial charge on any atom is -0.493 e. The fourth-order valence-electron chi connectivity index (χ4n) is 7.32. The van der Waals surface area contributed by atoms with E-state index in [1.807, 2.05) is 24.3 Å². The summed E-state index contributed by atoms with van der Waals surface area (Å²) in [5.74, 6) is 3.65. The summed E-state index contributed by atoms with van der Waals surface area (Å²) in [5.41, 5.74) is 2.81. The van der Waals surface area contributed by atoms with Crippen LogP contribution < -0.4 is 24.3 Å². The molecular formula is C38H51N5O8. The Balaban J connectivity index is 0.919. The van der Waals surface area contributed by atoms with Crippen molar-refractivity contribution >= 4 is 23.0 Å². The number of alkyl carbamates (subject to hydrolysis) is 1. The first-order valence-electron chi connectivity index (χ1n) is 18.0. The molecule has 51 heavy (non-hydrogen) atoms. The van der Waals surface area contributed by atoms with Crippen LogP contribution in [0.2, 0.25) is 0 Å². The van der Waals surface area contributed by atoms with Crippen LogP contribution in [-0.4, -0.2) is 126 Å². The molecule has 6 rings (SSSR count). The molecule has 276 valence electrons. The lowest BCUT2D eigenvalue weighted by atomic mass is 9.99. The number of carbonyl (C=O) groups excluding carboxylic acids is 2. The van der Waals surface area contributed by atoms with Gasteiger partial charge >= 0.3 is 12.2 Å². The molecule has 13 heteroatoms. The molecule has 0 spiro atoms. The summed E-state index contributed by atoms with van der Waals surface area (Å²) in [6.07, 6.45) is 4.31. The number of ether oxygens (including phenoxy) is 6. The molecule has 13 nitrogen and oxygen atoms in total. The molecule has 2 fully saturated rings. The van der Waals surface area contributed by atoms with Crippen LogP contribution in [0, 0.1) is 11.8 Å². The predicted octanol–water partition coefficient (Wildman–Crippen LogP) is 5.04. The second-order valence-electron chi connectivity index (χ2n) is 13.5. The van der Waals surface area contributed by atoms with Gasteiger partial charge in [-0.05, 0) is 79.3 Å². The fourth-order valence-corrected chi connectivity index (χ4v) is 7.32. The zero-order chi connectivity index (χ0) is 35.7. The van der Waals surface area contributed by atoms with Gasteiger partial charge < -0.3 is 48.4 Å². The van der Waals surface area contributed by atoms with E-state index in [0.29, 0.717) is 23.5 Å². The molecule has 2 aromatic carbocycles. The Morgan fingerprint density at radius 1 is 0.961 bits per heavy atom. The van der Waals surface area contributed by atoms with E-state index in [2.05, 4.69) is 22.0 Å². The molecule has 0 bridgehead atoms. The molecule has 3 aliphatic rings. The molecule has 2 unspecified atom stereocenters. The van der Waals surface area contributed by atoms with Crippen LogP contribution in [0.15, 0.2) is 36.5 Å². The average molecular weight is 706 g/mol. The molecule has 0 aliphatic carbocycles. The second kappa shape index (κ2) is 17.3. The second-order valence-corrected chi connectivity index (χ2v) is 13.5. The highest BCUT2D eigenvalue weighted by atomic mass is 16.7. The number of unbranched alkanes of at least 4 members (excludes halogenated alkanes) is 1. The van der Waals surface area contributed by atoms with E-state index in [-0.39, 0.29) is 25.6 Å². The number of benzene rings is 2. The molecule has 1 aromatic heterocycles. The third-order valence-electron chi connectivity index (χ3n) is 10.1. The highest BCUT2D eigenvalue weighted by Crippen LogP contribution is 2.41. The van der Waals surface area contributed by atoms with Crippen molar-refractivity contribution in [1.29, 1.82) is 0 Å². The smallest absolute Gasteiger partial charge is 0.415 e. The number of carbonyl (C=O) groups is 2. The number of likely N-dealkylation sites (tertiary alicyclic amines) is 2. The number of pyridine rings is 1. The molecule has 2 amide bonds. The highest BCUT2D eigenvalue weighted by molar-refractivity contribution is 5.94. The lowest BCUT2D eigenvalue weighted by Gasteiger charge is -2.21. The number of nitrogens with zero attached hydrogens (tertiary/aromatic N) is 4. The number of aromatic nitrogens is 1. The number of nitrogens with one attached hydrogen (secondary N) is 1. The first kappa shape index (κ1) is 36.5. The summed E-state index contributed by atoms with van der Waals surface area (Å²) in [5, 5.41) is 4.19. The van der Waals surface area contributed by atoms with Gasteiger partial charge in [-0.2, -0.15) is 0 Å². The van der Waals surface area contributed by atoms with E-state index in [1.54, 1.807) is 26.4 Å². The number of hydrogen-bond donors (Lipinski definition) is 1. The van der Waals surface area contributed by atoms with E-state index in [4.69, 9.17) is 33.4 Å². The number of hydrogen-bond acceptors (Lipinski definition) is 11. The Hall–Kier alpha value is -4.33. The Bertz CT molecular complexity index is 1660. The standard InChI is InChI=1S/C38H51N5O8/c1-5-26-18-34-35(50-25-49-34)19-30(26)32-17-27-9-10-33(47-4)36(31(27)20-40-32)51-38(45)41(2)14-11-39-37(44)48-16-7-6-12-42-21-28-23-43(13-8-15-46-3)24-29(28)22-42/h9-10,17-20,28-29H,5-8,11-16,21-25H2,1-4H3,(H,39,44). The highest BCUT2D eigenvalue weighted by Gasteiger charge is 2.39. The number of methoxy groups -OCH3 is 2. The maximum atomic E-state index is 13.1. The van der Waals surface area contributed by atoms with Crippen LogP contribution in [-0.2, 0) is 15.9 Å². The summed E-state index contributed by atoms with van der Waals surface area (Å²) in [7, 11) is 4.90. The molecule has 2 atom stereocenters. The summed E-state index contributed by atoms with van der Waals surface area (Å²) >= 11 is 0. The van der Waals surface area contributed by atoms with Gasteiger partial charge in [0.05, 0.1) is 19.4 Å². The van der Waals surface area contributed by atoms with Crippen molar-refractivity contribution in [2.24, 2.45) is 11.8 Å². The Morgan fingerprint density at radius 2 is 1.69 bits per heavy atom. The first-order chi connectivity index (χ1) is 24.9. The van der Waals surface area contributed by atoms with Crippen LogP contribution >= 0.6 is 0 Å². The van der Waals surface area contributed by atoms with Crippen molar-refractivity contribution in [3.05, 3.63) is 42.1 Å². The summed E-state index contributed by atoms with van der Waals surface area (Å²) in [6, 6.07) is 9.58. The minimum atomic E-state index is -0.589. The van der Waals surface area contributed by atoms with Gasteiger partial charge in [-0.1, -0.05) is 13.0 Å². The third kappa shape index (κ3) is 8.95. The number of likely N-dealkylation sites (N-methyl/N-ethyl adjacent to an activating group) is 1. The van der Waals surface area contributed by atoms with Crippen LogP contribution in [0.1, 0.15) is 31.7 Å². The molecule has 0 radical (unpaired) electrons. The largest absolute Gasteiger partial charge is 0.493 e. The molecular weight excluding hydrogens is 654 g/mol. The molecule has 3 aliphatic heterocycles. The van der Waals surface area contributed by atoms with Crippen LogP contribution in [0.5, 0.6) is 23.0 Å². The molecule has 4 heterocycles. The lowest BCUT2D eigenvalue weighted by molar-refractivity contribution is 0.138. The number of fused-ring (bicyclic) bond motifs is 3. The summed E-state index contributed by atoms with van der Waals surface area (Å²) < 4.78 is 33.1. The van der Waals surface area contributed by atoms with Gasteiger partial charge in [-0.15, -0.1) is 0 Å². The van der Waals surface area contributed by atoms with E-state index >= 15 is 0 Å². The topological polar surface area (TPSA) is 124 Å². The van der Waals surface area contributed by atoms with Crippen molar-refractivity contribution in [2.75, 3.05) is 93.6 Å². The van der Waals surface area contributed by atoms with Crippen molar-refractivity contribution in [3.63, 3.8) is 0 Å². The van der Waals surface area contributed by atoms with Gasteiger partial charge in [0.2, 0.25) is 6.79 Å². The maximum absolute atomic E-state index is 13.1. The van der Waals surface area contributed by atoms with E-state index < -0.39 is 12.2 Å². The van der Waals surface area contributed by atoms with Crippen LogP contribution in [0.4, 0.5) is 9.59 Å². The van der Waals surface area contributed by atoms with Crippen molar-refractivity contribution in [2.45, 2.75) is 32.6 Å². The zero-order valence-corrected chi connectivity index (χ0v) is 30.3. The average Bonchev–Trinajstić information content (AvgIpc) is 3.86. The van der Waals surface area contributed by atoms with E-state index in [0.717, 1.165) is 98.3 Å². The fraction of sp³-hybridized carbons (Fsp3) is 0.553. The van der Waals surface area contributed by atoms with Gasteiger partial charge in [0.25, 0.3) is 0 Å². The number of rotatable bonds is 16. The SMILES string of the molecule is CCc1cc2c(cc1-c1cc3ccc(OC)c(OC(=O)N(C)CCNC(=O)OCCCCN4CC5CN(CCCOC)CC5C4)c3cn1)OCO2. The summed E-state index contributed by atoms with van der Waals surface area (Å²) in [6.45, 7) is 10.8. The number of amides is 2. The normalized spacial score (nSPS) is 18.2. The van der Waals surface area contributed by atoms with E-state index in [9.17, 15) is 9.59 Å². The monoisotopic (exact) mass is 705 g/mol. The Kier molecular flexibility index (Phi) is 12.3. The van der Waals surface area contributed by atoms with Gasteiger partial charge in [0.1, 0.15) is 0 Å². The first-order valence-corrected chi connectivity index (χ1v) is 18.0. The quantitative estimate of drug-likeness (QED) is 0.202. The van der Waals surface area contributed by atoms with Crippen molar-refractivity contribution in [3.8, 4) is 34.3 Å². The van der Waals surface area contributed by atoms with Gasteiger partial charge in [-0.25, -0.2) is 9.59 Å². The predicted molar refractivity (Wildman–Crippen MR) is 193 cm³/mol. The van der Waals surface area contributed by atoms with Crippen LogP contribution in [0.3, 0.4) is 0 Å². The van der Waals surface area contributed by atoms with Crippen LogP contribution in [0.25, 0.3) is 22.0 Å². The minimum absolute atomic E-state index is 0.201. The Labute approximate surface area is 300 Å². The molecule has 3 aromatic rings. The maximum Gasteiger partial charge on any atom is 0.415 e. The molecule has 1 N–H and O–H groups in total. The molecule has 0 saturated carbocycles. The van der Waals surface area contributed by atoms with E-state index in [1.165, 1.54) is 25.1 Å². The molecule has 2 saturated heterocycles. The van der Waals surface area contributed by atoms with Crippen molar-refractivity contribution in [1.82, 2.24) is 25.0 Å². The van der Waals surface area contributed by atoms with Gasteiger partial charge in [0.15, 0.2) is 23.0 Å². The lowest BCUT2D eigenvalue weighted by Crippen LogP contribution is -2.37.